The van der Waals surface area contributed by atoms with Gasteiger partial charge in [-0.15, -0.1) is 0 Å². The van der Waals surface area contributed by atoms with E-state index in [1.807, 2.05) is 6.07 Å². The Morgan fingerprint density at radius 3 is 2.45 bits per heavy atom. The molecule has 3 aromatic rings. The van der Waals surface area contributed by atoms with Crippen molar-refractivity contribution in [2.45, 2.75) is 52.0 Å². The Balaban J connectivity index is 1.85. The number of aliphatic hydroxyl groups excluding tert-OH is 1. The molecule has 2 N–H and O–H groups in total. The van der Waals surface area contributed by atoms with E-state index in [1.165, 1.54) is 12.1 Å². The topological polar surface area (TPSA) is 83.8 Å². The van der Waals surface area contributed by atoms with Crippen molar-refractivity contribution in [3.05, 3.63) is 77.5 Å². The Kier molecular flexibility index (Phi) is 8.00. The van der Waals surface area contributed by atoms with Gasteiger partial charge in [0.1, 0.15) is 17.5 Å². The van der Waals surface area contributed by atoms with Crippen LogP contribution >= 0.6 is 0 Å². The number of hydrogen-bond donors (Lipinski definition) is 2. The van der Waals surface area contributed by atoms with Crippen LogP contribution in [0.4, 0.5) is 10.2 Å². The average Bonchev–Trinajstić information content (AvgIpc) is 2.74. The van der Waals surface area contributed by atoms with Gasteiger partial charge < -0.3 is 10.4 Å². The van der Waals surface area contributed by atoms with Gasteiger partial charge in [0.25, 0.3) is 0 Å². The fourth-order valence-electron chi connectivity index (χ4n) is 3.56. The van der Waals surface area contributed by atoms with Gasteiger partial charge in [-0.3, -0.25) is 9.97 Å². The van der Waals surface area contributed by atoms with Gasteiger partial charge in [0.05, 0.1) is 24.0 Å². The molecular formula is C24H30FN5O. The van der Waals surface area contributed by atoms with E-state index >= 15 is 0 Å². The third-order valence-electron chi connectivity index (χ3n) is 5.06. The third-order valence-corrected chi connectivity index (χ3v) is 5.06. The SMILES string of the molecule is CC(C)C[C@H](CO)Nc1cc(Cc2cnccn2)nc(C[C@@H](C)c2ccc(F)cc2)n1. The lowest BCUT2D eigenvalue weighted by atomic mass is 9.97. The van der Waals surface area contributed by atoms with Crippen molar-refractivity contribution in [1.29, 1.82) is 0 Å². The van der Waals surface area contributed by atoms with Gasteiger partial charge >= 0.3 is 0 Å². The van der Waals surface area contributed by atoms with Crippen LogP contribution in [-0.4, -0.2) is 37.7 Å². The van der Waals surface area contributed by atoms with E-state index in [4.69, 9.17) is 9.97 Å². The highest BCUT2D eigenvalue weighted by Gasteiger charge is 2.15. The van der Waals surface area contributed by atoms with Crippen molar-refractivity contribution < 1.29 is 9.50 Å². The zero-order chi connectivity index (χ0) is 22.2. The maximum atomic E-state index is 13.3. The van der Waals surface area contributed by atoms with Crippen LogP contribution in [0.15, 0.2) is 48.9 Å². The van der Waals surface area contributed by atoms with E-state index in [-0.39, 0.29) is 24.4 Å². The molecule has 0 unspecified atom stereocenters. The molecule has 0 radical (unpaired) electrons. The normalized spacial score (nSPS) is 13.2. The Hall–Kier alpha value is -2.93. The monoisotopic (exact) mass is 423 g/mol. The van der Waals surface area contributed by atoms with E-state index in [0.717, 1.165) is 23.4 Å². The summed E-state index contributed by atoms with van der Waals surface area (Å²) in [7, 11) is 0. The molecular weight excluding hydrogens is 393 g/mol. The summed E-state index contributed by atoms with van der Waals surface area (Å²) in [5.74, 6) is 1.72. The first-order chi connectivity index (χ1) is 14.9. The van der Waals surface area contributed by atoms with Crippen molar-refractivity contribution in [1.82, 2.24) is 19.9 Å². The lowest BCUT2D eigenvalue weighted by Gasteiger charge is -2.20. The van der Waals surface area contributed by atoms with Gasteiger partial charge in [-0.1, -0.05) is 32.9 Å². The number of rotatable bonds is 10. The molecule has 164 valence electrons. The van der Waals surface area contributed by atoms with Crippen molar-refractivity contribution in [2.75, 3.05) is 11.9 Å². The Labute approximate surface area is 183 Å². The van der Waals surface area contributed by atoms with Gasteiger partial charge in [-0.25, -0.2) is 14.4 Å². The maximum absolute atomic E-state index is 13.3. The molecule has 0 bridgehead atoms. The van der Waals surface area contributed by atoms with Crippen molar-refractivity contribution in [2.24, 2.45) is 5.92 Å². The van der Waals surface area contributed by atoms with Crippen LogP contribution in [0.5, 0.6) is 0 Å². The Morgan fingerprint density at radius 2 is 1.81 bits per heavy atom. The first kappa shape index (κ1) is 22.7. The molecule has 0 spiro atoms. The molecule has 0 aliphatic carbocycles. The van der Waals surface area contributed by atoms with Gasteiger partial charge in [0.15, 0.2) is 0 Å². The zero-order valence-electron chi connectivity index (χ0n) is 18.3. The van der Waals surface area contributed by atoms with Gasteiger partial charge in [0, 0.05) is 37.5 Å². The van der Waals surface area contributed by atoms with Crippen LogP contribution in [-0.2, 0) is 12.8 Å². The molecule has 0 aliphatic heterocycles. The minimum absolute atomic E-state index is 0.0307. The summed E-state index contributed by atoms with van der Waals surface area (Å²) >= 11 is 0. The molecule has 7 heteroatoms. The summed E-state index contributed by atoms with van der Waals surface area (Å²) in [6.45, 7) is 6.36. The second-order valence-corrected chi connectivity index (χ2v) is 8.34. The van der Waals surface area contributed by atoms with E-state index in [0.29, 0.717) is 30.4 Å². The smallest absolute Gasteiger partial charge is 0.131 e. The predicted octanol–water partition coefficient (Wildman–Crippen LogP) is 4.16. The lowest BCUT2D eigenvalue weighted by molar-refractivity contribution is 0.259. The Morgan fingerprint density at radius 1 is 1.03 bits per heavy atom. The van der Waals surface area contributed by atoms with E-state index in [9.17, 15) is 9.50 Å². The molecule has 0 aliphatic rings. The number of anilines is 1. The molecule has 31 heavy (non-hydrogen) atoms. The summed E-state index contributed by atoms with van der Waals surface area (Å²) in [5, 5.41) is 13.1. The van der Waals surface area contributed by atoms with Crippen LogP contribution in [0, 0.1) is 11.7 Å². The highest BCUT2D eigenvalue weighted by Crippen LogP contribution is 2.21. The van der Waals surface area contributed by atoms with Crippen molar-refractivity contribution in [3.8, 4) is 0 Å². The summed E-state index contributed by atoms with van der Waals surface area (Å²) in [5.41, 5.74) is 2.69. The molecule has 0 amide bonds. The summed E-state index contributed by atoms with van der Waals surface area (Å²) in [4.78, 5) is 17.9. The average molecular weight is 424 g/mol. The Bertz CT molecular complexity index is 950. The first-order valence-corrected chi connectivity index (χ1v) is 10.7. The predicted molar refractivity (Wildman–Crippen MR) is 119 cm³/mol. The third kappa shape index (κ3) is 7.07. The maximum Gasteiger partial charge on any atom is 0.131 e. The van der Waals surface area contributed by atoms with Crippen LogP contribution in [0.2, 0.25) is 0 Å². The van der Waals surface area contributed by atoms with Crippen molar-refractivity contribution in [3.63, 3.8) is 0 Å². The van der Waals surface area contributed by atoms with E-state index in [2.05, 4.69) is 36.1 Å². The minimum atomic E-state index is -0.246. The molecule has 1 aromatic carbocycles. The molecule has 3 rings (SSSR count). The molecule has 0 saturated carbocycles. The second kappa shape index (κ2) is 10.9. The summed E-state index contributed by atoms with van der Waals surface area (Å²) in [6, 6.07) is 8.37. The number of hydrogen-bond acceptors (Lipinski definition) is 6. The molecule has 0 saturated heterocycles. The lowest BCUT2D eigenvalue weighted by Crippen LogP contribution is -2.26. The quantitative estimate of drug-likeness (QED) is 0.509. The van der Waals surface area contributed by atoms with Gasteiger partial charge in [-0.2, -0.15) is 0 Å². The van der Waals surface area contributed by atoms with Gasteiger partial charge in [-0.05, 0) is 36.0 Å². The minimum Gasteiger partial charge on any atom is -0.394 e. The molecule has 2 heterocycles. The largest absolute Gasteiger partial charge is 0.394 e. The highest BCUT2D eigenvalue weighted by atomic mass is 19.1. The van der Waals surface area contributed by atoms with E-state index < -0.39 is 0 Å². The fourth-order valence-corrected chi connectivity index (χ4v) is 3.56. The standard InChI is InChI=1S/C24H30FN5O/c1-16(2)10-22(15-31)29-24-13-20(12-21-14-26-8-9-27-21)28-23(30-24)11-17(3)18-4-6-19(25)7-5-18/h4-9,13-14,16-17,22,31H,10-12,15H2,1-3H3,(H,28,29,30)/t17-,22-/m1/s1. The van der Waals surface area contributed by atoms with Crippen LogP contribution in [0.3, 0.4) is 0 Å². The number of benzene rings is 1. The zero-order valence-corrected chi connectivity index (χ0v) is 18.3. The highest BCUT2D eigenvalue weighted by molar-refractivity contribution is 5.38. The summed E-state index contributed by atoms with van der Waals surface area (Å²) in [6.07, 6.45) is 7.02. The number of nitrogens with zero attached hydrogens (tertiary/aromatic N) is 4. The van der Waals surface area contributed by atoms with Crippen molar-refractivity contribution >= 4 is 5.82 Å². The van der Waals surface area contributed by atoms with Gasteiger partial charge in [0.2, 0.25) is 0 Å². The molecule has 0 fully saturated rings. The van der Waals surface area contributed by atoms with Crippen LogP contribution in [0.1, 0.15) is 55.9 Å². The van der Waals surface area contributed by atoms with Crippen LogP contribution in [0.25, 0.3) is 0 Å². The number of nitrogens with one attached hydrogen (secondary N) is 1. The van der Waals surface area contributed by atoms with E-state index in [1.54, 1.807) is 30.7 Å². The number of halogens is 1. The number of aliphatic hydroxyl groups is 1. The second-order valence-electron chi connectivity index (χ2n) is 8.34. The van der Waals surface area contributed by atoms with Crippen LogP contribution < -0.4 is 5.32 Å². The molecule has 2 atom stereocenters. The fraction of sp³-hybridized carbons (Fsp3) is 0.417. The molecule has 2 aromatic heterocycles. The number of aromatic nitrogens is 4. The summed E-state index contributed by atoms with van der Waals surface area (Å²) < 4.78 is 13.3. The first-order valence-electron chi connectivity index (χ1n) is 10.7. The molecule has 6 nitrogen and oxygen atoms in total.